The molecule has 0 aliphatic carbocycles. The summed E-state index contributed by atoms with van der Waals surface area (Å²) in [5, 5.41) is 22.7. The van der Waals surface area contributed by atoms with Gasteiger partial charge in [-0.1, -0.05) is 0 Å². The number of nitrogens with zero attached hydrogens (tertiary/aromatic N) is 3. The highest BCUT2D eigenvalue weighted by molar-refractivity contribution is 5.94. The molecule has 2 heterocycles. The largest absolute Gasteiger partial charge is 0.506 e. The Balaban J connectivity index is 1.78. The van der Waals surface area contributed by atoms with Gasteiger partial charge in [0.05, 0.1) is 17.4 Å². The third-order valence-corrected chi connectivity index (χ3v) is 4.49. The Bertz CT molecular complexity index is 637. The van der Waals surface area contributed by atoms with Crippen molar-refractivity contribution in [2.24, 2.45) is 0 Å². The van der Waals surface area contributed by atoms with Gasteiger partial charge in [-0.15, -0.1) is 0 Å². The Labute approximate surface area is 153 Å². The predicted molar refractivity (Wildman–Crippen MR) is 96.8 cm³/mol. The topological polar surface area (TPSA) is 106 Å². The highest BCUT2D eigenvalue weighted by atomic mass is 16.3. The van der Waals surface area contributed by atoms with Crippen LogP contribution in [0.1, 0.15) is 36.0 Å². The van der Waals surface area contributed by atoms with Crippen LogP contribution in [0.25, 0.3) is 0 Å². The van der Waals surface area contributed by atoms with Crippen LogP contribution in [0.5, 0.6) is 5.75 Å². The van der Waals surface area contributed by atoms with Gasteiger partial charge in [0, 0.05) is 38.8 Å². The molecule has 1 saturated heterocycles. The molecule has 0 aromatic carbocycles. The number of pyridine rings is 1. The van der Waals surface area contributed by atoms with Gasteiger partial charge in [-0.3, -0.25) is 14.6 Å². The highest BCUT2D eigenvalue weighted by Gasteiger charge is 2.31. The van der Waals surface area contributed by atoms with E-state index < -0.39 is 5.60 Å². The molecule has 26 heavy (non-hydrogen) atoms. The van der Waals surface area contributed by atoms with Crippen molar-refractivity contribution in [2.45, 2.75) is 31.3 Å². The number of nitrogens with one attached hydrogen (secondary N) is 1. The van der Waals surface area contributed by atoms with Gasteiger partial charge in [-0.25, -0.2) is 0 Å². The molecule has 1 aliphatic rings. The lowest BCUT2D eigenvalue weighted by Gasteiger charge is -2.30. The summed E-state index contributed by atoms with van der Waals surface area (Å²) < 4.78 is 0. The molecule has 8 nitrogen and oxygen atoms in total. The number of likely N-dealkylation sites (tertiary alicyclic amines) is 1. The molecule has 0 spiro atoms. The Morgan fingerprint density at radius 3 is 2.77 bits per heavy atom. The van der Waals surface area contributed by atoms with E-state index in [9.17, 15) is 19.8 Å². The quantitative estimate of drug-likeness (QED) is 0.666. The summed E-state index contributed by atoms with van der Waals surface area (Å²) in [5.74, 6) is -0.491. The van der Waals surface area contributed by atoms with Crippen molar-refractivity contribution in [3.05, 3.63) is 24.0 Å². The van der Waals surface area contributed by atoms with Crippen molar-refractivity contribution in [1.29, 1.82) is 0 Å². The average molecular weight is 364 g/mol. The van der Waals surface area contributed by atoms with Gasteiger partial charge < -0.3 is 25.3 Å². The molecule has 1 aromatic heterocycles. The van der Waals surface area contributed by atoms with Crippen molar-refractivity contribution in [3.8, 4) is 5.75 Å². The molecular weight excluding hydrogens is 336 g/mol. The van der Waals surface area contributed by atoms with E-state index in [2.05, 4.69) is 10.3 Å². The van der Waals surface area contributed by atoms with Crippen LogP contribution in [0.3, 0.4) is 0 Å². The van der Waals surface area contributed by atoms with Crippen molar-refractivity contribution >= 4 is 11.8 Å². The summed E-state index contributed by atoms with van der Waals surface area (Å²) in [6, 6.07) is 1.32. The Morgan fingerprint density at radius 2 is 2.08 bits per heavy atom. The number of carbonyl (C=O) groups excluding carboxylic acids is 2. The molecule has 0 saturated carbocycles. The van der Waals surface area contributed by atoms with Crippen LogP contribution in [-0.4, -0.2) is 82.7 Å². The maximum atomic E-state index is 12.4. The second kappa shape index (κ2) is 8.95. The Morgan fingerprint density at radius 1 is 1.31 bits per heavy atom. The van der Waals surface area contributed by atoms with Crippen LogP contribution < -0.4 is 5.32 Å². The molecule has 1 aliphatic heterocycles. The fourth-order valence-electron chi connectivity index (χ4n) is 3.27. The van der Waals surface area contributed by atoms with E-state index >= 15 is 0 Å². The van der Waals surface area contributed by atoms with Crippen LogP contribution in [0, 0.1) is 0 Å². The summed E-state index contributed by atoms with van der Waals surface area (Å²) >= 11 is 0. The average Bonchev–Trinajstić information content (AvgIpc) is 2.75. The van der Waals surface area contributed by atoms with E-state index in [-0.39, 0.29) is 36.1 Å². The van der Waals surface area contributed by atoms with Crippen molar-refractivity contribution < 1.29 is 19.8 Å². The number of amides is 2. The first-order valence-electron chi connectivity index (χ1n) is 8.86. The monoisotopic (exact) mass is 364 g/mol. The van der Waals surface area contributed by atoms with Crippen LogP contribution in [0.2, 0.25) is 0 Å². The van der Waals surface area contributed by atoms with Crippen LogP contribution in [0.4, 0.5) is 0 Å². The van der Waals surface area contributed by atoms with Gasteiger partial charge in [0.1, 0.15) is 5.75 Å². The van der Waals surface area contributed by atoms with E-state index in [0.29, 0.717) is 32.5 Å². The van der Waals surface area contributed by atoms with E-state index in [1.54, 1.807) is 4.90 Å². The van der Waals surface area contributed by atoms with Gasteiger partial charge in [-0.2, -0.15) is 0 Å². The molecule has 1 unspecified atom stereocenters. The third-order valence-electron chi connectivity index (χ3n) is 4.49. The molecule has 144 valence electrons. The number of aromatic hydroxyl groups is 1. The summed E-state index contributed by atoms with van der Waals surface area (Å²) in [6.45, 7) is 1.95. The lowest BCUT2D eigenvalue weighted by atomic mass is 9.94. The first-order chi connectivity index (χ1) is 12.3. The SMILES string of the molecule is CN(C)CC1(O)CCCN(C(=O)CCNC(=O)c2cncc(O)c2)CC1. The first kappa shape index (κ1) is 20.1. The number of likely N-dealkylation sites (N-methyl/N-ethyl adjacent to an activating group) is 1. The minimum Gasteiger partial charge on any atom is -0.506 e. The summed E-state index contributed by atoms with van der Waals surface area (Å²) in [4.78, 5) is 31.8. The Kier molecular flexibility index (Phi) is 6.93. The van der Waals surface area contributed by atoms with Crippen LogP contribution in [0.15, 0.2) is 18.5 Å². The second-order valence-corrected chi connectivity index (χ2v) is 7.13. The molecule has 1 aromatic rings. The molecule has 2 rings (SSSR count). The minimum atomic E-state index is -0.755. The standard InChI is InChI=1S/C18H28N4O4/c1-21(2)13-18(26)5-3-8-22(9-6-18)16(24)4-7-20-17(25)14-10-15(23)12-19-11-14/h10-12,23,26H,3-9,13H2,1-2H3,(H,20,25). The van der Waals surface area contributed by atoms with Gasteiger partial charge in [0.25, 0.3) is 5.91 Å². The van der Waals surface area contributed by atoms with Gasteiger partial charge in [0.15, 0.2) is 0 Å². The molecule has 0 radical (unpaired) electrons. The molecule has 1 fully saturated rings. The van der Waals surface area contributed by atoms with Gasteiger partial charge >= 0.3 is 0 Å². The van der Waals surface area contributed by atoms with Crippen molar-refractivity contribution in [2.75, 3.05) is 40.3 Å². The molecule has 3 N–H and O–H groups in total. The summed E-state index contributed by atoms with van der Waals surface area (Å²) in [7, 11) is 3.85. The van der Waals surface area contributed by atoms with Crippen molar-refractivity contribution in [1.82, 2.24) is 20.1 Å². The van der Waals surface area contributed by atoms with E-state index in [0.717, 1.165) is 6.42 Å². The zero-order valence-corrected chi connectivity index (χ0v) is 15.4. The number of aliphatic hydroxyl groups is 1. The number of carbonyl (C=O) groups is 2. The molecule has 0 bridgehead atoms. The first-order valence-corrected chi connectivity index (χ1v) is 8.86. The van der Waals surface area contributed by atoms with Crippen LogP contribution in [-0.2, 0) is 4.79 Å². The normalized spacial score (nSPS) is 20.7. The van der Waals surface area contributed by atoms with Crippen LogP contribution >= 0.6 is 0 Å². The molecule has 1 atom stereocenters. The fraction of sp³-hybridized carbons (Fsp3) is 0.611. The number of rotatable bonds is 6. The number of hydrogen-bond donors (Lipinski definition) is 3. The summed E-state index contributed by atoms with van der Waals surface area (Å²) in [6.07, 6.45) is 4.80. The highest BCUT2D eigenvalue weighted by Crippen LogP contribution is 2.23. The number of hydrogen-bond acceptors (Lipinski definition) is 6. The number of aromatic nitrogens is 1. The Hall–Kier alpha value is -2.19. The smallest absolute Gasteiger partial charge is 0.252 e. The molecule has 8 heteroatoms. The zero-order valence-electron chi connectivity index (χ0n) is 15.4. The minimum absolute atomic E-state index is 0.0339. The maximum absolute atomic E-state index is 12.4. The fourth-order valence-corrected chi connectivity index (χ4v) is 3.27. The van der Waals surface area contributed by atoms with E-state index in [1.165, 1.54) is 18.5 Å². The van der Waals surface area contributed by atoms with Crippen molar-refractivity contribution in [3.63, 3.8) is 0 Å². The molecule has 2 amide bonds. The lowest BCUT2D eigenvalue weighted by Crippen LogP contribution is -2.41. The maximum Gasteiger partial charge on any atom is 0.252 e. The zero-order chi connectivity index (χ0) is 19.2. The van der Waals surface area contributed by atoms with E-state index in [1.807, 2.05) is 19.0 Å². The lowest BCUT2D eigenvalue weighted by molar-refractivity contribution is -0.131. The second-order valence-electron chi connectivity index (χ2n) is 7.13. The predicted octanol–water partition coefficient (Wildman–Crippen LogP) is 0.212. The summed E-state index contributed by atoms with van der Waals surface area (Å²) in [5.41, 5.74) is -0.504. The third kappa shape index (κ3) is 5.96. The van der Waals surface area contributed by atoms with Gasteiger partial charge in [-0.05, 0) is 39.4 Å². The molecular formula is C18H28N4O4. The van der Waals surface area contributed by atoms with E-state index in [4.69, 9.17) is 0 Å². The van der Waals surface area contributed by atoms with Gasteiger partial charge in [0.2, 0.25) is 5.91 Å².